The van der Waals surface area contributed by atoms with Crippen molar-refractivity contribution in [2.75, 3.05) is 0 Å². The molecule has 8 nitrogen and oxygen atoms in total. The van der Waals surface area contributed by atoms with Gasteiger partial charge in [0.25, 0.3) is 5.56 Å². The highest BCUT2D eigenvalue weighted by Crippen LogP contribution is 2.36. The minimum atomic E-state index is -0.595. The van der Waals surface area contributed by atoms with Crippen LogP contribution in [0.3, 0.4) is 0 Å². The van der Waals surface area contributed by atoms with Gasteiger partial charge in [0.15, 0.2) is 5.82 Å². The Morgan fingerprint density at radius 3 is 2.46 bits per heavy atom. The molecule has 1 N–H and O–H groups in total. The number of nitrogens with zero attached hydrogens (tertiary/aromatic N) is 3. The van der Waals surface area contributed by atoms with Gasteiger partial charge in [0.05, 0.1) is 11.4 Å². The van der Waals surface area contributed by atoms with Crippen LogP contribution in [0, 0.1) is 0 Å². The van der Waals surface area contributed by atoms with Gasteiger partial charge >= 0.3 is 5.76 Å². The van der Waals surface area contributed by atoms with Gasteiger partial charge in [-0.15, -0.1) is 17.0 Å². The Balaban J connectivity index is 0.00000337. The van der Waals surface area contributed by atoms with E-state index >= 15 is 0 Å². The Morgan fingerprint density at radius 2 is 1.76 bits per heavy atom. The number of aryl methyl sites for hydroxylation is 1. The molecule has 5 aromatic rings. The monoisotopic (exact) mass is 614 g/mol. The molecule has 0 bridgehead atoms. The molecule has 0 atom stereocenters. The van der Waals surface area contributed by atoms with Crippen LogP contribution in [0.4, 0.5) is 0 Å². The van der Waals surface area contributed by atoms with E-state index < -0.39 is 5.76 Å². The van der Waals surface area contributed by atoms with Crippen molar-refractivity contribution in [2.45, 2.75) is 52.1 Å². The summed E-state index contributed by atoms with van der Waals surface area (Å²) in [5.41, 5.74) is 6.77. The topological polar surface area (TPSA) is 103 Å². The first-order valence-corrected chi connectivity index (χ1v) is 13.5. The molecule has 0 aliphatic carbocycles. The molecular weight excluding hydrogens is 584 g/mol. The number of aromatic nitrogens is 4. The van der Waals surface area contributed by atoms with Crippen molar-refractivity contribution in [1.82, 2.24) is 19.7 Å². The lowest BCUT2D eigenvalue weighted by molar-refractivity contribution is 0.138. The zero-order valence-electron chi connectivity index (χ0n) is 23.1. The Hall–Kier alpha value is -4.24. The summed E-state index contributed by atoms with van der Waals surface area (Å²) in [7, 11) is 0. The molecule has 210 valence electrons. The standard InChI is InChI=1S/C32H30N4O4.BrH/c1-4-7-27-26(30(37)36(19-33-27)23-14-15-28-22(17-23)18-32(2,3)39-28)16-20-10-12-21(13-11-20)24-8-5-6-9-25(24)29-34-31(38)40-35-29;/h5-6,8-15,17,19H,4,7,16,18H2,1-3H3,(H,34,35,38);1H. The van der Waals surface area contributed by atoms with Crippen LogP contribution >= 0.6 is 17.0 Å². The number of ether oxygens (including phenoxy) is 1. The second-order valence-electron chi connectivity index (χ2n) is 10.8. The number of nitrogens with one attached hydrogen (secondary N) is 1. The van der Waals surface area contributed by atoms with Crippen LogP contribution < -0.4 is 16.1 Å². The Labute approximate surface area is 247 Å². The maximum Gasteiger partial charge on any atom is 0.439 e. The molecule has 0 fully saturated rings. The quantitative estimate of drug-likeness (QED) is 0.238. The van der Waals surface area contributed by atoms with Crippen LogP contribution in [0.2, 0.25) is 0 Å². The lowest BCUT2D eigenvalue weighted by Crippen LogP contribution is -2.25. The Morgan fingerprint density at radius 1 is 1.00 bits per heavy atom. The van der Waals surface area contributed by atoms with Crippen molar-refractivity contribution in [3.05, 3.63) is 116 Å². The van der Waals surface area contributed by atoms with Crippen molar-refractivity contribution in [3.63, 3.8) is 0 Å². The fourth-order valence-electron chi connectivity index (χ4n) is 5.38. The number of halogens is 1. The molecule has 1 aliphatic rings. The van der Waals surface area contributed by atoms with Gasteiger partial charge in [-0.25, -0.2) is 9.78 Å². The average Bonchev–Trinajstić information content (AvgIpc) is 3.51. The fraction of sp³-hybridized carbons (Fsp3) is 0.250. The van der Waals surface area contributed by atoms with Crippen LogP contribution in [-0.4, -0.2) is 25.3 Å². The predicted octanol–water partition coefficient (Wildman–Crippen LogP) is 6.08. The normalized spacial score (nSPS) is 13.3. The van der Waals surface area contributed by atoms with E-state index in [4.69, 9.17) is 14.2 Å². The summed E-state index contributed by atoms with van der Waals surface area (Å²) >= 11 is 0. The summed E-state index contributed by atoms with van der Waals surface area (Å²) < 4.78 is 12.4. The molecule has 0 amide bonds. The van der Waals surface area contributed by atoms with Gasteiger partial charge in [-0.05, 0) is 55.2 Å². The highest BCUT2D eigenvalue weighted by atomic mass is 79.9. The summed E-state index contributed by atoms with van der Waals surface area (Å²) in [4.78, 5) is 32.7. The van der Waals surface area contributed by atoms with Crippen molar-refractivity contribution in [1.29, 1.82) is 0 Å². The number of fused-ring (bicyclic) bond motifs is 1. The third-order valence-corrected chi connectivity index (χ3v) is 7.23. The third-order valence-electron chi connectivity index (χ3n) is 7.23. The SMILES string of the molecule is Br.CCCc1ncn(-c2ccc3c(c2)CC(C)(C)O3)c(=O)c1Cc1ccc(-c2ccccc2-c2noc(=O)[nH]2)cc1. The first-order valence-electron chi connectivity index (χ1n) is 13.5. The van der Waals surface area contributed by atoms with Gasteiger partial charge in [-0.2, -0.15) is 0 Å². The maximum atomic E-state index is 13.8. The third kappa shape index (κ3) is 5.67. The van der Waals surface area contributed by atoms with Crippen LogP contribution in [0.5, 0.6) is 5.75 Å². The number of aromatic amines is 1. The van der Waals surface area contributed by atoms with E-state index in [1.165, 1.54) is 0 Å². The van der Waals surface area contributed by atoms with Gasteiger partial charge in [0, 0.05) is 29.5 Å². The first kappa shape index (κ1) is 28.3. The maximum absolute atomic E-state index is 13.8. The van der Waals surface area contributed by atoms with E-state index in [9.17, 15) is 9.59 Å². The summed E-state index contributed by atoms with van der Waals surface area (Å²) in [5, 5.41) is 3.85. The smallest absolute Gasteiger partial charge is 0.439 e. The fourth-order valence-corrected chi connectivity index (χ4v) is 5.38. The van der Waals surface area contributed by atoms with Gasteiger partial charge in [0.1, 0.15) is 17.7 Å². The minimum absolute atomic E-state index is 0. The van der Waals surface area contributed by atoms with E-state index in [-0.39, 0.29) is 28.1 Å². The second kappa shape index (κ2) is 11.3. The predicted molar refractivity (Wildman–Crippen MR) is 163 cm³/mol. The number of hydrogen-bond donors (Lipinski definition) is 1. The summed E-state index contributed by atoms with van der Waals surface area (Å²) in [6, 6.07) is 21.7. The molecule has 41 heavy (non-hydrogen) atoms. The van der Waals surface area contributed by atoms with E-state index in [1.807, 2.05) is 66.7 Å². The number of H-pyrrole nitrogens is 1. The van der Waals surface area contributed by atoms with Gasteiger partial charge < -0.3 is 4.74 Å². The highest BCUT2D eigenvalue weighted by molar-refractivity contribution is 8.93. The summed E-state index contributed by atoms with van der Waals surface area (Å²) in [6.45, 7) is 6.22. The van der Waals surface area contributed by atoms with Crippen molar-refractivity contribution in [3.8, 4) is 34.0 Å². The Bertz CT molecular complexity index is 1820. The van der Waals surface area contributed by atoms with E-state index in [0.29, 0.717) is 17.8 Å². The molecule has 6 rings (SSSR count). The molecule has 0 spiro atoms. The van der Waals surface area contributed by atoms with Gasteiger partial charge in [-0.3, -0.25) is 18.9 Å². The molecule has 0 saturated heterocycles. The van der Waals surface area contributed by atoms with Crippen molar-refractivity contribution >= 4 is 17.0 Å². The lowest BCUT2D eigenvalue weighted by Gasteiger charge is -2.16. The Kier molecular flexibility index (Phi) is 7.82. The van der Waals surface area contributed by atoms with E-state index in [1.54, 1.807) is 10.9 Å². The highest BCUT2D eigenvalue weighted by Gasteiger charge is 2.30. The average molecular weight is 616 g/mol. The largest absolute Gasteiger partial charge is 0.487 e. The van der Waals surface area contributed by atoms with Crippen LogP contribution in [-0.2, 0) is 19.3 Å². The lowest BCUT2D eigenvalue weighted by atomic mass is 9.96. The zero-order valence-corrected chi connectivity index (χ0v) is 24.9. The molecule has 3 heterocycles. The van der Waals surface area contributed by atoms with Crippen LogP contribution in [0.15, 0.2) is 87.2 Å². The molecular formula is C32H31BrN4O4. The molecule has 9 heteroatoms. The molecule has 0 unspecified atom stereocenters. The van der Waals surface area contributed by atoms with Crippen molar-refractivity contribution < 1.29 is 9.26 Å². The minimum Gasteiger partial charge on any atom is -0.487 e. The molecule has 0 saturated carbocycles. The zero-order chi connectivity index (χ0) is 27.9. The van der Waals surface area contributed by atoms with Gasteiger partial charge in [-0.1, -0.05) is 67.0 Å². The van der Waals surface area contributed by atoms with Crippen LogP contribution in [0.25, 0.3) is 28.2 Å². The van der Waals surface area contributed by atoms with E-state index in [2.05, 4.69) is 30.9 Å². The number of rotatable bonds is 7. The summed E-state index contributed by atoms with van der Waals surface area (Å²) in [6.07, 6.45) is 4.55. The second-order valence-corrected chi connectivity index (χ2v) is 10.8. The molecule has 3 aromatic carbocycles. The molecule has 0 radical (unpaired) electrons. The number of benzene rings is 3. The van der Waals surface area contributed by atoms with E-state index in [0.717, 1.165) is 64.2 Å². The number of hydrogen-bond acceptors (Lipinski definition) is 6. The van der Waals surface area contributed by atoms with Crippen LogP contribution in [0.1, 0.15) is 49.6 Å². The molecule has 1 aliphatic heterocycles. The van der Waals surface area contributed by atoms with Crippen molar-refractivity contribution in [2.24, 2.45) is 0 Å². The van der Waals surface area contributed by atoms with Gasteiger partial charge in [0.2, 0.25) is 0 Å². The first-order chi connectivity index (χ1) is 19.3. The molecule has 2 aromatic heterocycles. The summed E-state index contributed by atoms with van der Waals surface area (Å²) in [5.74, 6) is 0.655.